The second kappa shape index (κ2) is 6.66. The van der Waals surface area contributed by atoms with Crippen LogP contribution in [-0.4, -0.2) is 20.1 Å². The summed E-state index contributed by atoms with van der Waals surface area (Å²) in [4.78, 5) is 23.9. The van der Waals surface area contributed by atoms with Crippen LogP contribution in [0.4, 0.5) is 5.82 Å². The van der Waals surface area contributed by atoms with Gasteiger partial charge in [0.2, 0.25) is 0 Å². The number of hydrogen-bond donors (Lipinski definition) is 3. The molecule has 0 saturated heterocycles. The Balaban J connectivity index is 1.79. The van der Waals surface area contributed by atoms with E-state index >= 15 is 0 Å². The monoisotopic (exact) mass is 358 g/mol. The number of anilines is 1. The first-order chi connectivity index (χ1) is 13.1. The van der Waals surface area contributed by atoms with Crippen LogP contribution in [0.5, 0.6) is 0 Å². The fourth-order valence-corrected chi connectivity index (χ4v) is 3.17. The van der Waals surface area contributed by atoms with Crippen LogP contribution >= 0.6 is 0 Å². The van der Waals surface area contributed by atoms with Gasteiger partial charge in [-0.1, -0.05) is 36.4 Å². The Morgan fingerprint density at radius 2 is 1.85 bits per heavy atom. The topological polar surface area (TPSA) is 105 Å². The molecule has 2 heterocycles. The Labute approximate surface area is 155 Å². The lowest BCUT2D eigenvalue weighted by molar-refractivity contribution is 0.283. The third-order valence-electron chi connectivity index (χ3n) is 4.59. The second-order valence-electron chi connectivity index (χ2n) is 6.39. The molecular formula is C21H18N4O2. The third kappa shape index (κ3) is 3.07. The predicted molar refractivity (Wildman–Crippen MR) is 106 cm³/mol. The maximum absolute atomic E-state index is 12.4. The van der Waals surface area contributed by atoms with E-state index in [0.717, 1.165) is 22.3 Å². The highest BCUT2D eigenvalue weighted by atomic mass is 16.3. The number of aryl methyl sites for hydroxylation is 1. The summed E-state index contributed by atoms with van der Waals surface area (Å²) in [6.45, 7) is 1.82. The van der Waals surface area contributed by atoms with Crippen molar-refractivity contribution in [1.82, 2.24) is 15.0 Å². The summed E-state index contributed by atoms with van der Waals surface area (Å²) in [6, 6.07) is 14.7. The summed E-state index contributed by atoms with van der Waals surface area (Å²) in [5.41, 5.74) is 10.5. The number of pyridine rings is 1. The number of nitrogens with two attached hydrogens (primary N) is 1. The standard InChI is InChI=1S/C21H18N4O2/c1-12-9-18(22)23-10-17(12)13-5-7-14(8-6-13)20-24-19-15(11-26)3-2-4-16(19)21(27)25-20/h2-10,26H,11H2,1H3,(H2,22,23)(H,24,25,27). The van der Waals surface area contributed by atoms with Gasteiger partial charge in [0.15, 0.2) is 0 Å². The van der Waals surface area contributed by atoms with Gasteiger partial charge in [-0.2, -0.15) is 0 Å². The van der Waals surface area contributed by atoms with Crippen LogP contribution in [0, 0.1) is 6.92 Å². The molecule has 134 valence electrons. The van der Waals surface area contributed by atoms with Crippen molar-refractivity contribution < 1.29 is 5.11 Å². The highest BCUT2D eigenvalue weighted by molar-refractivity contribution is 5.82. The minimum atomic E-state index is -0.229. The number of rotatable bonds is 3. The maximum Gasteiger partial charge on any atom is 0.259 e. The molecule has 0 spiro atoms. The van der Waals surface area contributed by atoms with Crippen molar-refractivity contribution in [2.75, 3.05) is 5.73 Å². The Bertz CT molecular complexity index is 1200. The van der Waals surface area contributed by atoms with Gasteiger partial charge in [0.05, 0.1) is 17.5 Å². The lowest BCUT2D eigenvalue weighted by Gasteiger charge is -2.09. The number of benzene rings is 2. The first-order valence-electron chi connectivity index (χ1n) is 8.52. The number of nitrogens with zero attached hydrogens (tertiary/aromatic N) is 2. The summed E-state index contributed by atoms with van der Waals surface area (Å²) in [7, 11) is 0. The molecule has 2 aromatic heterocycles. The van der Waals surface area contributed by atoms with Gasteiger partial charge in [0, 0.05) is 22.9 Å². The first kappa shape index (κ1) is 16.9. The number of aromatic amines is 1. The van der Waals surface area contributed by atoms with E-state index in [1.54, 1.807) is 24.4 Å². The van der Waals surface area contributed by atoms with Crippen molar-refractivity contribution in [3.05, 3.63) is 76.2 Å². The third-order valence-corrected chi connectivity index (χ3v) is 4.59. The molecule has 6 nitrogen and oxygen atoms in total. The number of fused-ring (bicyclic) bond motifs is 1. The van der Waals surface area contributed by atoms with Gasteiger partial charge in [-0.15, -0.1) is 0 Å². The van der Waals surface area contributed by atoms with Gasteiger partial charge >= 0.3 is 0 Å². The molecule has 0 atom stereocenters. The molecule has 0 bridgehead atoms. The summed E-state index contributed by atoms with van der Waals surface area (Å²) < 4.78 is 0. The van der Waals surface area contributed by atoms with Crippen molar-refractivity contribution in [2.24, 2.45) is 0 Å². The molecule has 0 unspecified atom stereocenters. The number of aromatic nitrogens is 3. The number of nitrogen functional groups attached to an aromatic ring is 1. The zero-order valence-corrected chi connectivity index (χ0v) is 14.7. The van der Waals surface area contributed by atoms with Gasteiger partial charge in [0.1, 0.15) is 11.6 Å². The van der Waals surface area contributed by atoms with E-state index in [4.69, 9.17) is 5.73 Å². The van der Waals surface area contributed by atoms with Gasteiger partial charge in [-0.3, -0.25) is 4.79 Å². The Morgan fingerprint density at radius 3 is 2.56 bits per heavy atom. The number of hydrogen-bond acceptors (Lipinski definition) is 5. The van der Waals surface area contributed by atoms with E-state index in [2.05, 4.69) is 15.0 Å². The van der Waals surface area contributed by atoms with Gasteiger partial charge in [-0.25, -0.2) is 9.97 Å². The van der Waals surface area contributed by atoms with Crippen molar-refractivity contribution in [1.29, 1.82) is 0 Å². The average Bonchev–Trinajstić information content (AvgIpc) is 2.68. The molecule has 0 amide bonds. The van der Waals surface area contributed by atoms with Crippen molar-refractivity contribution in [2.45, 2.75) is 13.5 Å². The van der Waals surface area contributed by atoms with Gasteiger partial charge in [0.25, 0.3) is 5.56 Å². The van der Waals surface area contributed by atoms with E-state index in [9.17, 15) is 9.90 Å². The van der Waals surface area contributed by atoms with Crippen LogP contribution in [0.2, 0.25) is 0 Å². The normalized spacial score (nSPS) is 11.0. The SMILES string of the molecule is Cc1cc(N)ncc1-c1ccc(-c2nc3c(CO)cccc3c(=O)[nH]2)cc1. The molecule has 4 aromatic rings. The fourth-order valence-electron chi connectivity index (χ4n) is 3.17. The molecule has 0 aliphatic carbocycles. The lowest BCUT2D eigenvalue weighted by Crippen LogP contribution is -2.10. The number of aliphatic hydroxyl groups is 1. The van der Waals surface area contributed by atoms with E-state index in [-0.39, 0.29) is 12.2 Å². The Morgan fingerprint density at radius 1 is 1.11 bits per heavy atom. The van der Waals surface area contributed by atoms with Crippen molar-refractivity contribution in [3.8, 4) is 22.5 Å². The summed E-state index contributed by atoms with van der Waals surface area (Å²) in [5, 5.41) is 9.99. The molecule has 0 radical (unpaired) electrons. The van der Waals surface area contributed by atoms with Gasteiger partial charge < -0.3 is 15.8 Å². The Hall–Kier alpha value is -3.51. The molecule has 0 aliphatic rings. The molecular weight excluding hydrogens is 340 g/mol. The second-order valence-corrected chi connectivity index (χ2v) is 6.39. The molecule has 4 rings (SSSR count). The molecule has 4 N–H and O–H groups in total. The minimum absolute atomic E-state index is 0.171. The van der Waals surface area contributed by atoms with E-state index in [0.29, 0.717) is 28.1 Å². The average molecular weight is 358 g/mol. The molecule has 27 heavy (non-hydrogen) atoms. The Kier molecular flexibility index (Phi) is 4.18. The molecule has 0 saturated carbocycles. The summed E-state index contributed by atoms with van der Waals surface area (Å²) >= 11 is 0. The zero-order chi connectivity index (χ0) is 19.0. The molecule has 2 aromatic carbocycles. The van der Waals surface area contributed by atoms with Crippen LogP contribution in [-0.2, 0) is 6.61 Å². The lowest BCUT2D eigenvalue weighted by atomic mass is 10.0. The van der Waals surface area contributed by atoms with Crippen LogP contribution < -0.4 is 11.3 Å². The van der Waals surface area contributed by atoms with Crippen molar-refractivity contribution in [3.63, 3.8) is 0 Å². The quantitative estimate of drug-likeness (QED) is 0.522. The highest BCUT2D eigenvalue weighted by Crippen LogP contribution is 2.26. The molecule has 0 aliphatic heterocycles. The van der Waals surface area contributed by atoms with Crippen molar-refractivity contribution >= 4 is 16.7 Å². The van der Waals surface area contributed by atoms with Gasteiger partial charge in [-0.05, 0) is 30.2 Å². The number of aliphatic hydroxyl groups excluding tert-OH is 1. The molecule has 0 fully saturated rings. The minimum Gasteiger partial charge on any atom is -0.392 e. The number of para-hydroxylation sites is 1. The van der Waals surface area contributed by atoms with E-state index < -0.39 is 0 Å². The first-order valence-corrected chi connectivity index (χ1v) is 8.52. The zero-order valence-electron chi connectivity index (χ0n) is 14.7. The maximum atomic E-state index is 12.4. The van der Waals surface area contributed by atoms with Crippen LogP contribution in [0.3, 0.4) is 0 Å². The van der Waals surface area contributed by atoms with Crippen LogP contribution in [0.1, 0.15) is 11.1 Å². The smallest absolute Gasteiger partial charge is 0.259 e. The summed E-state index contributed by atoms with van der Waals surface area (Å²) in [6.07, 6.45) is 1.75. The predicted octanol–water partition coefficient (Wildman–Crippen LogP) is 3.04. The highest BCUT2D eigenvalue weighted by Gasteiger charge is 2.10. The number of H-pyrrole nitrogens is 1. The summed E-state index contributed by atoms with van der Waals surface area (Å²) in [5.74, 6) is 0.956. The van der Waals surface area contributed by atoms with Crippen LogP contribution in [0.15, 0.2) is 59.5 Å². The fraction of sp³-hybridized carbons (Fsp3) is 0.0952. The molecule has 6 heteroatoms. The van der Waals surface area contributed by atoms with E-state index in [1.807, 2.05) is 37.3 Å². The van der Waals surface area contributed by atoms with Crippen LogP contribution in [0.25, 0.3) is 33.4 Å². The largest absolute Gasteiger partial charge is 0.392 e. The number of nitrogens with one attached hydrogen (secondary N) is 1. The van der Waals surface area contributed by atoms with E-state index in [1.165, 1.54) is 0 Å².